The third-order valence-electron chi connectivity index (χ3n) is 3.74. The van der Waals surface area contributed by atoms with Crippen LogP contribution in [0.3, 0.4) is 0 Å². The summed E-state index contributed by atoms with van der Waals surface area (Å²) in [6.07, 6.45) is 9.15. The lowest BCUT2D eigenvalue weighted by atomic mass is 9.86. The molecular formula is C11H21NO. The Hall–Kier alpha value is -0.0800. The van der Waals surface area contributed by atoms with Crippen molar-refractivity contribution < 1.29 is 4.74 Å². The second kappa shape index (κ2) is 3.97. The van der Waals surface area contributed by atoms with Crippen molar-refractivity contribution in [3.05, 3.63) is 0 Å². The quantitative estimate of drug-likeness (QED) is 0.724. The van der Waals surface area contributed by atoms with Crippen molar-refractivity contribution in [1.82, 2.24) is 0 Å². The van der Waals surface area contributed by atoms with Crippen molar-refractivity contribution >= 4 is 0 Å². The predicted molar refractivity (Wildman–Crippen MR) is 53.5 cm³/mol. The van der Waals surface area contributed by atoms with Crippen LogP contribution in [0.5, 0.6) is 0 Å². The summed E-state index contributed by atoms with van der Waals surface area (Å²) in [6.45, 7) is 1.69. The molecule has 2 aliphatic carbocycles. The molecule has 76 valence electrons. The fourth-order valence-electron chi connectivity index (χ4n) is 2.38. The van der Waals surface area contributed by atoms with Gasteiger partial charge < -0.3 is 10.5 Å². The molecule has 0 atom stereocenters. The number of hydrogen-bond acceptors (Lipinski definition) is 2. The van der Waals surface area contributed by atoms with E-state index in [1.54, 1.807) is 0 Å². The highest BCUT2D eigenvalue weighted by Crippen LogP contribution is 2.35. The zero-order valence-electron chi connectivity index (χ0n) is 8.43. The highest BCUT2D eigenvalue weighted by atomic mass is 16.5. The van der Waals surface area contributed by atoms with Crippen molar-refractivity contribution in [2.24, 2.45) is 11.7 Å². The van der Waals surface area contributed by atoms with Crippen LogP contribution in [0.1, 0.15) is 44.9 Å². The van der Waals surface area contributed by atoms with E-state index >= 15 is 0 Å². The molecule has 2 N–H and O–H groups in total. The van der Waals surface area contributed by atoms with E-state index in [1.807, 2.05) is 0 Å². The molecule has 0 heterocycles. The average Bonchev–Trinajstić information content (AvgIpc) is 2.51. The Morgan fingerprint density at radius 2 is 1.85 bits per heavy atom. The van der Waals surface area contributed by atoms with Gasteiger partial charge >= 0.3 is 0 Å². The molecule has 13 heavy (non-hydrogen) atoms. The Morgan fingerprint density at radius 1 is 1.15 bits per heavy atom. The molecule has 0 aromatic rings. The van der Waals surface area contributed by atoms with Crippen LogP contribution < -0.4 is 5.73 Å². The van der Waals surface area contributed by atoms with Gasteiger partial charge in [-0.3, -0.25) is 0 Å². The summed E-state index contributed by atoms with van der Waals surface area (Å²) in [5.41, 5.74) is 5.87. The molecule has 0 amide bonds. The first kappa shape index (κ1) is 9.47. The summed E-state index contributed by atoms with van der Waals surface area (Å²) < 4.78 is 6.02. The first-order chi connectivity index (χ1) is 6.35. The minimum absolute atomic E-state index is 0.0790. The van der Waals surface area contributed by atoms with Gasteiger partial charge in [0.2, 0.25) is 0 Å². The highest BCUT2D eigenvalue weighted by molar-refractivity contribution is 4.88. The van der Waals surface area contributed by atoms with E-state index < -0.39 is 0 Å². The van der Waals surface area contributed by atoms with Gasteiger partial charge in [-0.15, -0.1) is 0 Å². The van der Waals surface area contributed by atoms with Crippen molar-refractivity contribution in [2.45, 2.75) is 50.5 Å². The van der Waals surface area contributed by atoms with Gasteiger partial charge in [0.1, 0.15) is 0 Å². The van der Waals surface area contributed by atoms with E-state index in [1.165, 1.54) is 44.9 Å². The maximum atomic E-state index is 6.02. The largest absolute Gasteiger partial charge is 0.373 e. The Balaban J connectivity index is 1.75. The maximum absolute atomic E-state index is 6.02. The number of hydrogen-bond donors (Lipinski definition) is 1. The van der Waals surface area contributed by atoms with Crippen LogP contribution in [0.2, 0.25) is 0 Å². The van der Waals surface area contributed by atoms with Crippen LogP contribution in [0.25, 0.3) is 0 Å². The zero-order valence-corrected chi connectivity index (χ0v) is 8.43. The van der Waals surface area contributed by atoms with Gasteiger partial charge in [0.05, 0.1) is 12.2 Å². The minimum Gasteiger partial charge on any atom is -0.373 e. The molecular weight excluding hydrogens is 162 g/mol. The molecule has 0 radical (unpaired) electrons. The summed E-state index contributed by atoms with van der Waals surface area (Å²) in [5, 5.41) is 0. The Kier molecular flexibility index (Phi) is 2.89. The van der Waals surface area contributed by atoms with Crippen LogP contribution in [0.15, 0.2) is 0 Å². The smallest absolute Gasteiger partial charge is 0.0804 e. The van der Waals surface area contributed by atoms with E-state index in [9.17, 15) is 0 Å². The van der Waals surface area contributed by atoms with Crippen molar-refractivity contribution in [2.75, 3.05) is 13.2 Å². The Morgan fingerprint density at radius 3 is 2.31 bits per heavy atom. The fraction of sp³-hybridized carbons (Fsp3) is 1.00. The maximum Gasteiger partial charge on any atom is 0.0804 e. The van der Waals surface area contributed by atoms with Gasteiger partial charge in [-0.25, -0.2) is 0 Å². The summed E-state index contributed by atoms with van der Waals surface area (Å²) in [4.78, 5) is 0. The van der Waals surface area contributed by atoms with E-state index in [0.29, 0.717) is 0 Å². The van der Waals surface area contributed by atoms with E-state index in [2.05, 4.69) is 0 Å². The van der Waals surface area contributed by atoms with Crippen LogP contribution in [-0.4, -0.2) is 18.8 Å². The molecule has 0 bridgehead atoms. The molecule has 0 aromatic carbocycles. The SMILES string of the molecule is NCC1(OCC2CCC2)CCCC1. The van der Waals surface area contributed by atoms with Gasteiger partial charge in [-0.1, -0.05) is 19.3 Å². The second-order valence-corrected chi connectivity index (χ2v) is 4.70. The second-order valence-electron chi connectivity index (χ2n) is 4.70. The minimum atomic E-state index is 0.0790. The molecule has 2 saturated carbocycles. The van der Waals surface area contributed by atoms with Gasteiger partial charge in [-0.05, 0) is 31.6 Å². The zero-order chi connectivity index (χ0) is 9.15. The number of nitrogens with two attached hydrogens (primary N) is 1. The standard InChI is InChI=1S/C11H21NO/c12-9-11(6-1-2-7-11)13-8-10-4-3-5-10/h10H,1-9,12H2. The molecule has 0 spiro atoms. The molecule has 0 aromatic heterocycles. The lowest BCUT2D eigenvalue weighted by Gasteiger charge is -2.33. The predicted octanol–water partition coefficient (Wildman–Crippen LogP) is 2.07. The Bertz CT molecular complexity index is 159. The van der Waals surface area contributed by atoms with Crippen LogP contribution in [0.4, 0.5) is 0 Å². The summed E-state index contributed by atoms with van der Waals surface area (Å²) in [5.74, 6) is 0.851. The van der Waals surface area contributed by atoms with E-state index in [-0.39, 0.29) is 5.60 Å². The van der Waals surface area contributed by atoms with Gasteiger partial charge in [0, 0.05) is 6.54 Å². The molecule has 2 nitrogen and oxygen atoms in total. The number of rotatable bonds is 4. The first-order valence-electron chi connectivity index (χ1n) is 5.69. The molecule has 2 fully saturated rings. The molecule has 0 unspecified atom stereocenters. The molecule has 0 saturated heterocycles. The number of ether oxygens (including phenoxy) is 1. The van der Waals surface area contributed by atoms with Crippen LogP contribution in [0, 0.1) is 5.92 Å². The molecule has 2 aliphatic rings. The third kappa shape index (κ3) is 2.05. The van der Waals surface area contributed by atoms with Crippen molar-refractivity contribution in [3.63, 3.8) is 0 Å². The van der Waals surface area contributed by atoms with Crippen molar-refractivity contribution in [1.29, 1.82) is 0 Å². The topological polar surface area (TPSA) is 35.2 Å². The highest BCUT2D eigenvalue weighted by Gasteiger charge is 2.34. The average molecular weight is 183 g/mol. The van der Waals surface area contributed by atoms with Crippen LogP contribution >= 0.6 is 0 Å². The molecule has 2 rings (SSSR count). The van der Waals surface area contributed by atoms with Crippen LogP contribution in [-0.2, 0) is 4.74 Å². The molecule has 2 heteroatoms. The normalized spacial score (nSPS) is 27.5. The lowest BCUT2D eigenvalue weighted by molar-refractivity contribution is -0.0606. The van der Waals surface area contributed by atoms with E-state index in [4.69, 9.17) is 10.5 Å². The fourth-order valence-corrected chi connectivity index (χ4v) is 2.38. The van der Waals surface area contributed by atoms with Gasteiger partial charge in [0.15, 0.2) is 0 Å². The summed E-state index contributed by atoms with van der Waals surface area (Å²) >= 11 is 0. The van der Waals surface area contributed by atoms with Gasteiger partial charge in [0.25, 0.3) is 0 Å². The Labute approximate surface area is 80.8 Å². The lowest BCUT2D eigenvalue weighted by Crippen LogP contribution is -2.39. The summed E-state index contributed by atoms with van der Waals surface area (Å²) in [7, 11) is 0. The van der Waals surface area contributed by atoms with Crippen molar-refractivity contribution in [3.8, 4) is 0 Å². The summed E-state index contributed by atoms with van der Waals surface area (Å²) in [6, 6.07) is 0. The van der Waals surface area contributed by atoms with Gasteiger partial charge in [-0.2, -0.15) is 0 Å². The third-order valence-corrected chi connectivity index (χ3v) is 3.74. The molecule has 0 aliphatic heterocycles. The monoisotopic (exact) mass is 183 g/mol. The van der Waals surface area contributed by atoms with E-state index in [0.717, 1.165) is 19.1 Å². The first-order valence-corrected chi connectivity index (χ1v) is 5.69.